The number of carbonyl (C=O) groups is 2. The van der Waals surface area contributed by atoms with Gasteiger partial charge >= 0.3 is 0 Å². The van der Waals surface area contributed by atoms with Crippen LogP contribution >= 0.6 is 0 Å². The molecule has 0 spiro atoms. The van der Waals surface area contributed by atoms with Crippen molar-refractivity contribution < 1.29 is 18.0 Å². The lowest BCUT2D eigenvalue weighted by atomic mass is 10.1. The number of hydrogen-bond donors (Lipinski definition) is 1. The van der Waals surface area contributed by atoms with Gasteiger partial charge in [-0.2, -0.15) is 4.31 Å². The molecule has 23 heavy (non-hydrogen) atoms. The van der Waals surface area contributed by atoms with Crippen molar-refractivity contribution >= 4 is 21.8 Å². The average molecular weight is 340 g/mol. The van der Waals surface area contributed by atoms with Gasteiger partial charge in [-0.05, 0) is 19.1 Å². The third kappa shape index (κ3) is 4.26. The van der Waals surface area contributed by atoms with Crippen LogP contribution in [0.5, 0.6) is 0 Å². The Labute approximate surface area is 135 Å². The minimum Gasteiger partial charge on any atom is -0.369 e. The highest BCUT2D eigenvalue weighted by atomic mass is 32.2. The van der Waals surface area contributed by atoms with E-state index in [1.807, 2.05) is 6.92 Å². The Balaban J connectivity index is 2.23. The summed E-state index contributed by atoms with van der Waals surface area (Å²) in [5, 5.41) is 0. The van der Waals surface area contributed by atoms with Crippen LogP contribution in [0.3, 0.4) is 0 Å². The van der Waals surface area contributed by atoms with Crippen molar-refractivity contribution in [2.24, 2.45) is 11.7 Å². The van der Waals surface area contributed by atoms with E-state index in [9.17, 15) is 18.0 Å². The summed E-state index contributed by atoms with van der Waals surface area (Å²) >= 11 is 0. The van der Waals surface area contributed by atoms with Crippen LogP contribution in [0.1, 0.15) is 16.1 Å². The van der Waals surface area contributed by atoms with Gasteiger partial charge in [0.05, 0.1) is 17.7 Å². The zero-order valence-electron chi connectivity index (χ0n) is 13.1. The van der Waals surface area contributed by atoms with Gasteiger partial charge in [0.1, 0.15) is 0 Å². The maximum Gasteiger partial charge on any atom is 0.255 e. The first-order valence-corrected chi connectivity index (χ1v) is 8.99. The number of aryl methyl sites for hydroxylation is 1. The van der Waals surface area contributed by atoms with Crippen molar-refractivity contribution in [3.63, 3.8) is 0 Å². The monoisotopic (exact) mass is 340 g/mol. The van der Waals surface area contributed by atoms with Gasteiger partial charge in [0.25, 0.3) is 5.91 Å². The molecule has 0 aromatic carbocycles. The van der Waals surface area contributed by atoms with Gasteiger partial charge < -0.3 is 10.6 Å². The van der Waals surface area contributed by atoms with Crippen LogP contribution in [0.25, 0.3) is 0 Å². The molecule has 0 aliphatic carbocycles. The Morgan fingerprint density at radius 3 is 2.48 bits per heavy atom. The first kappa shape index (κ1) is 17.4. The zero-order valence-corrected chi connectivity index (χ0v) is 13.9. The predicted molar refractivity (Wildman–Crippen MR) is 84.0 cm³/mol. The molecule has 2 heterocycles. The molecule has 2 amide bonds. The van der Waals surface area contributed by atoms with Gasteiger partial charge in [0, 0.05) is 38.1 Å². The van der Waals surface area contributed by atoms with Crippen molar-refractivity contribution in [3.8, 4) is 0 Å². The van der Waals surface area contributed by atoms with Crippen LogP contribution < -0.4 is 5.73 Å². The second-order valence-corrected chi connectivity index (χ2v) is 7.64. The molecule has 1 atom stereocenters. The number of sulfonamides is 1. The third-order valence-corrected chi connectivity index (χ3v) is 5.07. The lowest BCUT2D eigenvalue weighted by Gasteiger charge is -2.22. The minimum absolute atomic E-state index is 0.00983. The Morgan fingerprint density at radius 1 is 1.26 bits per heavy atom. The predicted octanol–water partition coefficient (Wildman–Crippen LogP) is -0.791. The number of amides is 2. The van der Waals surface area contributed by atoms with E-state index in [0.29, 0.717) is 5.56 Å². The Kier molecular flexibility index (Phi) is 5.00. The van der Waals surface area contributed by atoms with E-state index < -0.39 is 21.8 Å². The molecule has 2 N–H and O–H groups in total. The number of rotatable bonds is 3. The molecule has 0 saturated carbocycles. The van der Waals surface area contributed by atoms with Crippen molar-refractivity contribution in [3.05, 3.63) is 29.6 Å². The smallest absolute Gasteiger partial charge is 0.255 e. The highest BCUT2D eigenvalue weighted by molar-refractivity contribution is 7.88. The number of carbonyl (C=O) groups excluding carboxylic acids is 2. The molecule has 1 aromatic rings. The van der Waals surface area contributed by atoms with Crippen LogP contribution in [-0.4, -0.2) is 66.9 Å². The zero-order chi connectivity index (χ0) is 17.2. The number of aromatic nitrogens is 1. The summed E-state index contributed by atoms with van der Waals surface area (Å²) in [6, 6.07) is 3.38. The molecule has 9 heteroatoms. The molecule has 8 nitrogen and oxygen atoms in total. The number of pyridine rings is 1. The second kappa shape index (κ2) is 6.63. The first-order valence-electron chi connectivity index (χ1n) is 7.15. The van der Waals surface area contributed by atoms with Crippen LogP contribution in [0.2, 0.25) is 0 Å². The van der Waals surface area contributed by atoms with Crippen molar-refractivity contribution in [2.75, 3.05) is 32.4 Å². The maximum absolute atomic E-state index is 12.6. The van der Waals surface area contributed by atoms with Crippen LogP contribution in [0, 0.1) is 12.8 Å². The van der Waals surface area contributed by atoms with E-state index in [0.717, 1.165) is 11.9 Å². The molecule has 0 unspecified atom stereocenters. The SMILES string of the molecule is Cc1ccc(C(=O)N2CCN(S(C)(=O)=O)C[C@@H](C(N)=O)C2)cn1. The van der Waals surface area contributed by atoms with Crippen molar-refractivity contribution in [2.45, 2.75) is 6.92 Å². The summed E-state index contributed by atoms with van der Waals surface area (Å²) in [5.41, 5.74) is 6.54. The van der Waals surface area contributed by atoms with Gasteiger partial charge in [-0.1, -0.05) is 0 Å². The summed E-state index contributed by atoms with van der Waals surface area (Å²) in [7, 11) is -3.46. The van der Waals surface area contributed by atoms with E-state index >= 15 is 0 Å². The Bertz CT molecular complexity index is 702. The lowest BCUT2D eigenvalue weighted by molar-refractivity contribution is -0.122. The van der Waals surface area contributed by atoms with E-state index in [2.05, 4.69) is 4.98 Å². The Hall–Kier alpha value is -2.00. The molecule has 1 aliphatic rings. The molecule has 1 aromatic heterocycles. The molecular formula is C14H20N4O4S. The molecule has 1 saturated heterocycles. The first-order chi connectivity index (χ1) is 10.7. The van der Waals surface area contributed by atoms with Crippen LogP contribution in [0.15, 0.2) is 18.3 Å². The molecule has 1 fully saturated rings. The maximum atomic E-state index is 12.6. The molecule has 0 bridgehead atoms. The van der Waals surface area contributed by atoms with Gasteiger partial charge in [-0.25, -0.2) is 8.42 Å². The summed E-state index contributed by atoms with van der Waals surface area (Å²) in [4.78, 5) is 29.7. The van der Waals surface area contributed by atoms with E-state index in [1.54, 1.807) is 12.1 Å². The lowest BCUT2D eigenvalue weighted by Crippen LogP contribution is -2.41. The van der Waals surface area contributed by atoms with E-state index in [1.165, 1.54) is 15.4 Å². The summed E-state index contributed by atoms with van der Waals surface area (Å²) < 4.78 is 24.7. The highest BCUT2D eigenvalue weighted by Crippen LogP contribution is 2.15. The number of nitrogens with zero attached hydrogens (tertiary/aromatic N) is 3. The summed E-state index contributed by atoms with van der Waals surface area (Å²) in [6.07, 6.45) is 2.54. The number of nitrogens with two attached hydrogens (primary N) is 1. The van der Waals surface area contributed by atoms with Gasteiger partial charge in [0.2, 0.25) is 15.9 Å². The standard InChI is InChI=1S/C14H20N4O4S/c1-10-3-4-11(7-16-10)14(20)17-5-6-18(23(2,21)22)9-12(8-17)13(15)19/h3-4,7,12H,5-6,8-9H2,1-2H3,(H2,15,19)/t12-/m0/s1. The molecular weight excluding hydrogens is 320 g/mol. The Morgan fingerprint density at radius 2 is 1.96 bits per heavy atom. The average Bonchev–Trinajstić information content (AvgIpc) is 2.70. The molecule has 0 radical (unpaired) electrons. The molecule has 2 rings (SSSR count). The van der Waals surface area contributed by atoms with E-state index in [4.69, 9.17) is 5.73 Å². The fraction of sp³-hybridized carbons (Fsp3) is 0.500. The largest absolute Gasteiger partial charge is 0.369 e. The van der Waals surface area contributed by atoms with Crippen LogP contribution in [0.4, 0.5) is 0 Å². The minimum atomic E-state index is -3.46. The number of primary amides is 1. The second-order valence-electron chi connectivity index (χ2n) is 5.66. The molecule has 1 aliphatic heterocycles. The van der Waals surface area contributed by atoms with Gasteiger partial charge in [-0.3, -0.25) is 14.6 Å². The molecule has 126 valence electrons. The quantitative estimate of drug-likeness (QED) is 0.774. The van der Waals surface area contributed by atoms with Gasteiger partial charge in [0.15, 0.2) is 0 Å². The normalized spacial score (nSPS) is 20.1. The van der Waals surface area contributed by atoms with Crippen LogP contribution in [-0.2, 0) is 14.8 Å². The van der Waals surface area contributed by atoms with Crippen molar-refractivity contribution in [1.82, 2.24) is 14.2 Å². The summed E-state index contributed by atoms with van der Waals surface area (Å²) in [6.45, 7) is 2.22. The van der Waals surface area contributed by atoms with Crippen molar-refractivity contribution in [1.29, 1.82) is 0 Å². The van der Waals surface area contributed by atoms with E-state index in [-0.39, 0.29) is 32.1 Å². The fourth-order valence-corrected chi connectivity index (χ4v) is 3.29. The highest BCUT2D eigenvalue weighted by Gasteiger charge is 2.32. The fourth-order valence-electron chi connectivity index (χ4n) is 2.43. The van der Waals surface area contributed by atoms with Gasteiger partial charge in [-0.15, -0.1) is 0 Å². The number of hydrogen-bond acceptors (Lipinski definition) is 5. The summed E-state index contributed by atoms with van der Waals surface area (Å²) in [5.74, 6) is -1.66. The topological polar surface area (TPSA) is 114 Å². The third-order valence-electron chi connectivity index (χ3n) is 3.80.